The second kappa shape index (κ2) is 4.74. The summed E-state index contributed by atoms with van der Waals surface area (Å²) < 4.78 is 2.20. The van der Waals surface area contributed by atoms with Crippen LogP contribution in [0, 0.1) is 5.92 Å². The SMILES string of the molecule is Cn1c(C2CC3CCCCC3N2)nc2ccc(Cl)cc21. The fraction of sp³-hybridized carbons (Fsp3) is 0.562. The lowest BCUT2D eigenvalue weighted by Gasteiger charge is -2.24. The molecule has 106 valence electrons. The minimum Gasteiger partial charge on any atom is -0.330 e. The van der Waals surface area contributed by atoms with Crippen LogP contribution in [0.1, 0.15) is 44.0 Å². The van der Waals surface area contributed by atoms with Crippen molar-refractivity contribution in [3.63, 3.8) is 0 Å². The lowest BCUT2D eigenvalue weighted by Crippen LogP contribution is -2.31. The summed E-state index contributed by atoms with van der Waals surface area (Å²) >= 11 is 6.10. The number of imidazole rings is 1. The molecule has 3 nitrogen and oxygen atoms in total. The van der Waals surface area contributed by atoms with Crippen LogP contribution in [0.25, 0.3) is 11.0 Å². The summed E-state index contributed by atoms with van der Waals surface area (Å²) in [6.45, 7) is 0. The molecular weight excluding hydrogens is 270 g/mol. The van der Waals surface area contributed by atoms with E-state index in [-0.39, 0.29) is 0 Å². The highest BCUT2D eigenvalue weighted by molar-refractivity contribution is 6.31. The fourth-order valence-electron chi connectivity index (χ4n) is 4.01. The van der Waals surface area contributed by atoms with Gasteiger partial charge in [0.15, 0.2) is 0 Å². The molecule has 1 N–H and O–H groups in total. The molecule has 1 aliphatic heterocycles. The number of nitrogens with one attached hydrogen (secondary N) is 1. The van der Waals surface area contributed by atoms with Crippen molar-refractivity contribution in [3.8, 4) is 0 Å². The molecule has 1 aromatic heterocycles. The highest BCUT2D eigenvalue weighted by Gasteiger charge is 2.37. The Labute approximate surface area is 124 Å². The van der Waals surface area contributed by atoms with Gasteiger partial charge in [0.1, 0.15) is 5.82 Å². The molecule has 2 fully saturated rings. The van der Waals surface area contributed by atoms with E-state index >= 15 is 0 Å². The normalized spacial score (nSPS) is 29.8. The van der Waals surface area contributed by atoms with Gasteiger partial charge in [-0.05, 0) is 43.4 Å². The first kappa shape index (κ1) is 12.7. The average Bonchev–Trinajstić information content (AvgIpc) is 3.01. The molecule has 0 radical (unpaired) electrons. The molecule has 4 heteroatoms. The van der Waals surface area contributed by atoms with Gasteiger partial charge in [0.2, 0.25) is 0 Å². The van der Waals surface area contributed by atoms with Gasteiger partial charge in [-0.3, -0.25) is 0 Å². The van der Waals surface area contributed by atoms with E-state index in [2.05, 4.69) is 16.9 Å². The van der Waals surface area contributed by atoms with E-state index < -0.39 is 0 Å². The van der Waals surface area contributed by atoms with E-state index in [0.29, 0.717) is 12.1 Å². The van der Waals surface area contributed by atoms with Crippen molar-refractivity contribution in [3.05, 3.63) is 29.0 Å². The summed E-state index contributed by atoms with van der Waals surface area (Å²) in [5, 5.41) is 4.59. The Balaban J connectivity index is 1.70. The van der Waals surface area contributed by atoms with Crippen molar-refractivity contribution >= 4 is 22.6 Å². The Morgan fingerprint density at radius 2 is 2.15 bits per heavy atom. The number of aromatic nitrogens is 2. The summed E-state index contributed by atoms with van der Waals surface area (Å²) in [5.41, 5.74) is 2.17. The van der Waals surface area contributed by atoms with Gasteiger partial charge in [-0.15, -0.1) is 0 Å². The Kier molecular flexibility index (Phi) is 3.00. The largest absolute Gasteiger partial charge is 0.330 e. The van der Waals surface area contributed by atoms with Crippen LogP contribution in [0.5, 0.6) is 0 Å². The van der Waals surface area contributed by atoms with E-state index in [1.807, 2.05) is 18.2 Å². The summed E-state index contributed by atoms with van der Waals surface area (Å²) in [6, 6.07) is 7.05. The van der Waals surface area contributed by atoms with E-state index in [0.717, 1.165) is 27.8 Å². The molecular formula is C16H20ClN3. The van der Waals surface area contributed by atoms with Crippen LogP contribution in [0.2, 0.25) is 5.02 Å². The van der Waals surface area contributed by atoms with E-state index in [9.17, 15) is 0 Å². The molecule has 2 aliphatic rings. The second-order valence-electron chi connectivity index (χ2n) is 6.27. The van der Waals surface area contributed by atoms with Crippen molar-refractivity contribution in [2.45, 2.75) is 44.2 Å². The van der Waals surface area contributed by atoms with Crippen LogP contribution in [-0.2, 0) is 7.05 Å². The summed E-state index contributed by atoms with van der Waals surface area (Å²) in [7, 11) is 2.10. The number of fused-ring (bicyclic) bond motifs is 2. The van der Waals surface area contributed by atoms with Crippen LogP contribution in [-0.4, -0.2) is 15.6 Å². The lowest BCUT2D eigenvalue weighted by molar-refractivity contribution is 0.325. The fourth-order valence-corrected chi connectivity index (χ4v) is 4.18. The molecule has 2 heterocycles. The van der Waals surface area contributed by atoms with Gasteiger partial charge >= 0.3 is 0 Å². The van der Waals surface area contributed by atoms with Gasteiger partial charge < -0.3 is 9.88 Å². The van der Waals surface area contributed by atoms with Gasteiger partial charge in [0.25, 0.3) is 0 Å². The number of hydrogen-bond donors (Lipinski definition) is 1. The molecule has 20 heavy (non-hydrogen) atoms. The Hall–Kier alpha value is -1.06. The Bertz CT molecular complexity index is 634. The topological polar surface area (TPSA) is 29.9 Å². The second-order valence-corrected chi connectivity index (χ2v) is 6.70. The molecule has 0 spiro atoms. The standard InChI is InChI=1S/C16H20ClN3/c1-20-15-9-11(17)6-7-13(15)19-16(20)14-8-10-4-2-3-5-12(10)18-14/h6-7,9-10,12,14,18H,2-5,8H2,1H3. The zero-order chi connectivity index (χ0) is 13.7. The molecule has 4 rings (SSSR count). The third-order valence-corrected chi connectivity index (χ3v) is 5.29. The smallest absolute Gasteiger partial charge is 0.126 e. The molecule has 1 saturated carbocycles. The molecule has 0 bridgehead atoms. The highest BCUT2D eigenvalue weighted by atomic mass is 35.5. The van der Waals surface area contributed by atoms with Crippen molar-refractivity contribution in [1.29, 1.82) is 0 Å². The number of benzene rings is 1. The van der Waals surface area contributed by atoms with E-state index in [1.54, 1.807) is 0 Å². The average molecular weight is 290 g/mol. The Morgan fingerprint density at radius 1 is 1.30 bits per heavy atom. The zero-order valence-corrected chi connectivity index (χ0v) is 12.5. The number of nitrogens with zero attached hydrogens (tertiary/aromatic N) is 2. The van der Waals surface area contributed by atoms with Crippen molar-refractivity contribution < 1.29 is 0 Å². The highest BCUT2D eigenvalue weighted by Crippen LogP contribution is 2.39. The van der Waals surface area contributed by atoms with Crippen molar-refractivity contribution in [2.75, 3.05) is 0 Å². The summed E-state index contributed by atoms with van der Waals surface area (Å²) in [5.74, 6) is 2.01. The first-order valence-corrected chi connectivity index (χ1v) is 7.98. The monoisotopic (exact) mass is 289 g/mol. The lowest BCUT2D eigenvalue weighted by atomic mass is 9.85. The molecule has 1 aliphatic carbocycles. The number of hydrogen-bond acceptors (Lipinski definition) is 2. The quantitative estimate of drug-likeness (QED) is 0.865. The van der Waals surface area contributed by atoms with Crippen molar-refractivity contribution in [2.24, 2.45) is 13.0 Å². The number of rotatable bonds is 1. The van der Waals surface area contributed by atoms with Crippen LogP contribution in [0.4, 0.5) is 0 Å². The first-order chi connectivity index (χ1) is 9.72. The first-order valence-electron chi connectivity index (χ1n) is 7.60. The third kappa shape index (κ3) is 1.95. The van der Waals surface area contributed by atoms with Gasteiger partial charge in [0, 0.05) is 18.1 Å². The van der Waals surface area contributed by atoms with Gasteiger partial charge in [-0.2, -0.15) is 0 Å². The van der Waals surface area contributed by atoms with Gasteiger partial charge in [0.05, 0.1) is 17.1 Å². The maximum atomic E-state index is 6.10. The van der Waals surface area contributed by atoms with E-state index in [1.165, 1.54) is 32.1 Å². The van der Waals surface area contributed by atoms with Crippen LogP contribution >= 0.6 is 11.6 Å². The predicted octanol–water partition coefficient (Wildman–Crippen LogP) is 3.82. The minimum atomic E-state index is 0.402. The molecule has 3 unspecified atom stereocenters. The van der Waals surface area contributed by atoms with Gasteiger partial charge in [-0.1, -0.05) is 24.4 Å². The predicted molar refractivity (Wildman–Crippen MR) is 82.0 cm³/mol. The zero-order valence-electron chi connectivity index (χ0n) is 11.8. The van der Waals surface area contributed by atoms with Crippen molar-refractivity contribution in [1.82, 2.24) is 14.9 Å². The van der Waals surface area contributed by atoms with Gasteiger partial charge in [-0.25, -0.2) is 4.98 Å². The minimum absolute atomic E-state index is 0.402. The van der Waals surface area contributed by atoms with Crippen LogP contribution in [0.15, 0.2) is 18.2 Å². The number of aryl methyl sites for hydroxylation is 1. The third-order valence-electron chi connectivity index (χ3n) is 5.05. The maximum Gasteiger partial charge on any atom is 0.126 e. The van der Waals surface area contributed by atoms with Crippen LogP contribution in [0.3, 0.4) is 0 Å². The molecule has 0 amide bonds. The Morgan fingerprint density at radius 3 is 3.00 bits per heavy atom. The molecule has 3 atom stereocenters. The van der Waals surface area contributed by atoms with Crippen LogP contribution < -0.4 is 5.32 Å². The van der Waals surface area contributed by atoms with E-state index in [4.69, 9.17) is 16.6 Å². The molecule has 2 aromatic rings. The molecule has 1 aromatic carbocycles. The number of halogens is 1. The summed E-state index contributed by atoms with van der Waals surface area (Å²) in [4.78, 5) is 4.84. The maximum absolute atomic E-state index is 6.10. The molecule has 1 saturated heterocycles. The summed E-state index contributed by atoms with van der Waals surface area (Å²) in [6.07, 6.45) is 6.71.